The minimum atomic E-state index is -0.204. The number of piperidine rings is 2. The molecule has 2 fully saturated rings. The third kappa shape index (κ3) is 5.16. The predicted octanol–water partition coefficient (Wildman–Crippen LogP) is 2.51. The van der Waals surface area contributed by atoms with E-state index in [4.69, 9.17) is 9.47 Å². The van der Waals surface area contributed by atoms with Crippen LogP contribution in [0.4, 0.5) is 4.79 Å². The number of carbonyl (C=O) groups excluding carboxylic acids is 2. The highest BCUT2D eigenvalue weighted by Crippen LogP contribution is 2.22. The summed E-state index contributed by atoms with van der Waals surface area (Å²) in [6.07, 6.45) is 3.78. The summed E-state index contributed by atoms with van der Waals surface area (Å²) < 4.78 is 10.2. The van der Waals surface area contributed by atoms with Crippen molar-refractivity contribution >= 4 is 12.0 Å². The molecule has 0 aliphatic carbocycles. The lowest BCUT2D eigenvalue weighted by atomic mass is 9.98. The molecule has 7 heteroatoms. The molecule has 0 spiro atoms. The first kappa shape index (κ1) is 20.5. The molecule has 0 radical (unpaired) electrons. The molecule has 7 nitrogen and oxygen atoms in total. The number of carbonyl (C=O) groups is 2. The third-order valence-corrected chi connectivity index (χ3v) is 5.65. The molecule has 0 bridgehead atoms. The van der Waals surface area contributed by atoms with Crippen LogP contribution in [0, 0.1) is 0 Å². The van der Waals surface area contributed by atoms with Crippen LogP contribution in [-0.4, -0.2) is 73.8 Å². The van der Waals surface area contributed by atoms with Crippen molar-refractivity contribution in [3.8, 4) is 5.75 Å². The summed E-state index contributed by atoms with van der Waals surface area (Å²) in [4.78, 5) is 28.7. The summed E-state index contributed by atoms with van der Waals surface area (Å²) in [6.45, 7) is 5.65. The van der Waals surface area contributed by atoms with Crippen molar-refractivity contribution < 1.29 is 19.1 Å². The Morgan fingerprint density at radius 3 is 2.46 bits per heavy atom. The van der Waals surface area contributed by atoms with Crippen LogP contribution in [0.3, 0.4) is 0 Å². The molecule has 2 aliphatic rings. The maximum absolute atomic E-state index is 12.5. The van der Waals surface area contributed by atoms with E-state index in [1.54, 1.807) is 36.3 Å². The van der Waals surface area contributed by atoms with E-state index in [0.717, 1.165) is 57.6 Å². The molecule has 2 saturated heterocycles. The van der Waals surface area contributed by atoms with Gasteiger partial charge in [0.15, 0.2) is 0 Å². The summed E-state index contributed by atoms with van der Waals surface area (Å²) >= 11 is 0. The fourth-order valence-electron chi connectivity index (χ4n) is 4.10. The van der Waals surface area contributed by atoms with E-state index in [-0.39, 0.29) is 18.0 Å². The Hall–Kier alpha value is -2.28. The normalized spacial score (nSPS) is 21.2. The molecule has 1 aromatic rings. The largest absolute Gasteiger partial charge is 0.497 e. The monoisotopic (exact) mass is 389 g/mol. The van der Waals surface area contributed by atoms with E-state index in [9.17, 15) is 9.59 Å². The number of likely N-dealkylation sites (tertiary alicyclic amines) is 2. The van der Waals surface area contributed by atoms with Gasteiger partial charge in [0.2, 0.25) is 0 Å². The highest BCUT2D eigenvalue weighted by Gasteiger charge is 2.31. The van der Waals surface area contributed by atoms with Crippen molar-refractivity contribution in [2.45, 2.75) is 44.7 Å². The van der Waals surface area contributed by atoms with E-state index < -0.39 is 0 Å². The molecule has 1 N–H and O–H groups in total. The van der Waals surface area contributed by atoms with E-state index in [2.05, 4.69) is 10.2 Å². The molecule has 0 unspecified atom stereocenters. The standard InChI is InChI=1S/C21H31N3O4/c1-3-28-21(26)23-13-10-18(11-14-23)24-12-4-5-17(15-24)22-20(25)16-6-8-19(27-2)9-7-16/h6-9,17-18H,3-5,10-15H2,1-2H3,(H,22,25)/t17-/m1/s1. The second-order valence-corrected chi connectivity index (χ2v) is 7.45. The second kappa shape index (κ2) is 9.78. The van der Waals surface area contributed by atoms with Gasteiger partial charge in [-0.25, -0.2) is 4.79 Å². The summed E-state index contributed by atoms with van der Waals surface area (Å²) in [5.74, 6) is 0.709. The molecule has 0 aromatic heterocycles. The lowest BCUT2D eigenvalue weighted by Crippen LogP contribution is -2.54. The Bertz CT molecular complexity index is 656. The van der Waals surface area contributed by atoms with Crippen LogP contribution in [0.25, 0.3) is 0 Å². The van der Waals surface area contributed by atoms with E-state index in [0.29, 0.717) is 18.2 Å². The summed E-state index contributed by atoms with van der Waals surface area (Å²) in [7, 11) is 1.61. The first-order valence-corrected chi connectivity index (χ1v) is 10.2. The Morgan fingerprint density at radius 1 is 1.11 bits per heavy atom. The van der Waals surface area contributed by atoms with E-state index in [1.165, 1.54) is 0 Å². The van der Waals surface area contributed by atoms with Crippen LogP contribution in [-0.2, 0) is 4.74 Å². The molecule has 0 saturated carbocycles. The number of ether oxygens (including phenoxy) is 2. The zero-order valence-corrected chi connectivity index (χ0v) is 16.9. The lowest BCUT2D eigenvalue weighted by Gasteiger charge is -2.42. The zero-order chi connectivity index (χ0) is 19.9. The maximum atomic E-state index is 12.5. The quantitative estimate of drug-likeness (QED) is 0.838. The van der Waals surface area contributed by atoms with Crippen LogP contribution < -0.4 is 10.1 Å². The summed E-state index contributed by atoms with van der Waals surface area (Å²) in [5.41, 5.74) is 0.653. The molecular weight excluding hydrogens is 358 g/mol. The molecule has 1 atom stereocenters. The third-order valence-electron chi connectivity index (χ3n) is 5.65. The predicted molar refractivity (Wildman–Crippen MR) is 107 cm³/mol. The lowest BCUT2D eigenvalue weighted by molar-refractivity contribution is 0.0601. The van der Waals surface area contributed by atoms with Gasteiger partial charge in [-0.15, -0.1) is 0 Å². The van der Waals surface area contributed by atoms with Gasteiger partial charge in [-0.1, -0.05) is 0 Å². The minimum absolute atomic E-state index is 0.0355. The Morgan fingerprint density at radius 2 is 1.82 bits per heavy atom. The van der Waals surface area contributed by atoms with Gasteiger partial charge in [-0.05, 0) is 63.4 Å². The highest BCUT2D eigenvalue weighted by atomic mass is 16.6. The molecule has 2 amide bonds. The number of nitrogens with zero attached hydrogens (tertiary/aromatic N) is 2. The van der Waals surface area contributed by atoms with Crippen molar-refractivity contribution in [1.29, 1.82) is 0 Å². The highest BCUT2D eigenvalue weighted by molar-refractivity contribution is 5.94. The fourth-order valence-corrected chi connectivity index (χ4v) is 4.10. The maximum Gasteiger partial charge on any atom is 0.409 e. The molecule has 28 heavy (non-hydrogen) atoms. The number of amides is 2. The van der Waals surface area contributed by atoms with Crippen molar-refractivity contribution in [2.24, 2.45) is 0 Å². The van der Waals surface area contributed by atoms with Crippen molar-refractivity contribution in [2.75, 3.05) is 39.9 Å². The smallest absolute Gasteiger partial charge is 0.409 e. The first-order chi connectivity index (χ1) is 13.6. The summed E-state index contributed by atoms with van der Waals surface area (Å²) in [6, 6.07) is 7.82. The van der Waals surface area contributed by atoms with Gasteiger partial charge in [-0.3, -0.25) is 9.69 Å². The van der Waals surface area contributed by atoms with Gasteiger partial charge in [-0.2, -0.15) is 0 Å². The molecular formula is C21H31N3O4. The number of methoxy groups -OCH3 is 1. The Balaban J connectivity index is 1.49. The molecule has 154 valence electrons. The Labute approximate surface area is 167 Å². The SMILES string of the molecule is CCOC(=O)N1CCC(N2CCC[C@@H](NC(=O)c3ccc(OC)cc3)C2)CC1. The van der Waals surface area contributed by atoms with E-state index >= 15 is 0 Å². The van der Waals surface area contributed by atoms with Crippen molar-refractivity contribution in [3.63, 3.8) is 0 Å². The minimum Gasteiger partial charge on any atom is -0.497 e. The number of rotatable bonds is 5. The first-order valence-electron chi connectivity index (χ1n) is 10.2. The summed E-state index contributed by atoms with van der Waals surface area (Å²) in [5, 5.41) is 3.18. The van der Waals surface area contributed by atoms with Gasteiger partial charge >= 0.3 is 6.09 Å². The molecule has 3 rings (SSSR count). The number of hydrogen-bond acceptors (Lipinski definition) is 5. The topological polar surface area (TPSA) is 71.1 Å². The van der Waals surface area contributed by atoms with Gasteiger partial charge in [0.25, 0.3) is 5.91 Å². The number of benzene rings is 1. The van der Waals surface area contributed by atoms with Gasteiger partial charge in [0.05, 0.1) is 13.7 Å². The molecule has 2 heterocycles. The Kier molecular flexibility index (Phi) is 7.14. The molecule has 1 aromatic carbocycles. The van der Waals surface area contributed by atoms with Crippen molar-refractivity contribution in [3.05, 3.63) is 29.8 Å². The van der Waals surface area contributed by atoms with Crippen LogP contribution in [0.1, 0.15) is 43.0 Å². The van der Waals surface area contributed by atoms with Gasteiger partial charge < -0.3 is 19.7 Å². The van der Waals surface area contributed by atoms with Crippen molar-refractivity contribution in [1.82, 2.24) is 15.1 Å². The zero-order valence-electron chi connectivity index (χ0n) is 16.9. The molecule has 2 aliphatic heterocycles. The average molecular weight is 389 g/mol. The van der Waals surface area contributed by atoms with Gasteiger partial charge in [0.1, 0.15) is 5.75 Å². The number of nitrogens with one attached hydrogen (secondary N) is 1. The van der Waals surface area contributed by atoms with Crippen LogP contribution >= 0.6 is 0 Å². The number of hydrogen-bond donors (Lipinski definition) is 1. The van der Waals surface area contributed by atoms with Crippen LogP contribution in [0.2, 0.25) is 0 Å². The van der Waals surface area contributed by atoms with E-state index in [1.807, 2.05) is 6.92 Å². The van der Waals surface area contributed by atoms with Crippen LogP contribution in [0.15, 0.2) is 24.3 Å². The van der Waals surface area contributed by atoms with Crippen LogP contribution in [0.5, 0.6) is 5.75 Å². The fraction of sp³-hybridized carbons (Fsp3) is 0.619. The van der Waals surface area contributed by atoms with Gasteiger partial charge in [0, 0.05) is 37.3 Å². The average Bonchev–Trinajstić information content (AvgIpc) is 2.74. The second-order valence-electron chi connectivity index (χ2n) is 7.45.